The highest BCUT2D eigenvalue weighted by Gasteiger charge is 2.14. The quantitative estimate of drug-likeness (QED) is 0.787. The Balaban J connectivity index is 2.31. The van der Waals surface area contributed by atoms with Crippen LogP contribution in [0, 0.1) is 0 Å². The topological polar surface area (TPSA) is 92.9 Å². The van der Waals surface area contributed by atoms with Crippen LogP contribution in [0.2, 0.25) is 0 Å². The van der Waals surface area contributed by atoms with E-state index in [1.807, 2.05) is 0 Å². The average molecular weight is 219 g/mol. The molecular formula is C9H9N5O2. The second-order valence-electron chi connectivity index (χ2n) is 3.12. The number of hydrogen-bond acceptors (Lipinski definition) is 5. The molecule has 0 amide bonds. The van der Waals surface area contributed by atoms with Crippen molar-refractivity contribution in [2.24, 2.45) is 7.05 Å². The molecule has 7 heteroatoms. The van der Waals surface area contributed by atoms with Crippen molar-refractivity contribution in [1.29, 1.82) is 0 Å². The van der Waals surface area contributed by atoms with E-state index in [2.05, 4.69) is 20.4 Å². The lowest BCUT2D eigenvalue weighted by Gasteiger charge is -2.01. The number of carboxylic acids is 1. The Hall–Kier alpha value is -2.44. The number of anilines is 2. The van der Waals surface area contributed by atoms with Crippen molar-refractivity contribution in [2.75, 3.05) is 5.32 Å². The van der Waals surface area contributed by atoms with Crippen LogP contribution in [-0.4, -0.2) is 30.8 Å². The summed E-state index contributed by atoms with van der Waals surface area (Å²) in [7, 11) is 1.65. The van der Waals surface area contributed by atoms with Crippen molar-refractivity contribution in [2.45, 2.75) is 0 Å². The first-order chi connectivity index (χ1) is 7.66. The zero-order valence-electron chi connectivity index (χ0n) is 8.45. The van der Waals surface area contributed by atoms with Gasteiger partial charge in [-0.2, -0.15) is 5.10 Å². The van der Waals surface area contributed by atoms with Gasteiger partial charge in [0.2, 0.25) is 0 Å². The highest BCUT2D eigenvalue weighted by molar-refractivity contribution is 5.93. The van der Waals surface area contributed by atoms with E-state index < -0.39 is 5.97 Å². The van der Waals surface area contributed by atoms with Gasteiger partial charge >= 0.3 is 5.97 Å². The Morgan fingerprint density at radius 2 is 2.12 bits per heavy atom. The first-order valence-corrected chi connectivity index (χ1v) is 4.46. The Kier molecular flexibility index (Phi) is 2.50. The summed E-state index contributed by atoms with van der Waals surface area (Å²) in [6.07, 6.45) is 5.89. The normalized spacial score (nSPS) is 10.1. The van der Waals surface area contributed by atoms with Gasteiger partial charge in [-0.15, -0.1) is 0 Å². The zero-order valence-corrected chi connectivity index (χ0v) is 8.45. The average Bonchev–Trinajstić information content (AvgIpc) is 2.61. The maximum absolute atomic E-state index is 10.9. The van der Waals surface area contributed by atoms with E-state index >= 15 is 0 Å². The van der Waals surface area contributed by atoms with Crippen LogP contribution in [0.4, 0.5) is 11.5 Å². The van der Waals surface area contributed by atoms with Crippen LogP contribution in [0.1, 0.15) is 10.4 Å². The molecule has 7 nitrogen and oxygen atoms in total. The first-order valence-electron chi connectivity index (χ1n) is 4.46. The van der Waals surface area contributed by atoms with Gasteiger partial charge in [-0.05, 0) is 0 Å². The molecule has 82 valence electrons. The van der Waals surface area contributed by atoms with Crippen molar-refractivity contribution >= 4 is 17.5 Å². The fourth-order valence-corrected chi connectivity index (χ4v) is 1.24. The van der Waals surface area contributed by atoms with Crippen molar-refractivity contribution in [3.8, 4) is 0 Å². The van der Waals surface area contributed by atoms with Crippen LogP contribution in [0.3, 0.4) is 0 Å². The van der Waals surface area contributed by atoms with Crippen LogP contribution in [0.15, 0.2) is 24.9 Å². The molecule has 2 rings (SSSR count). The van der Waals surface area contributed by atoms with Crippen LogP contribution >= 0.6 is 0 Å². The third-order valence-electron chi connectivity index (χ3n) is 1.88. The summed E-state index contributed by atoms with van der Waals surface area (Å²) in [5.41, 5.74) is 0.690. The van der Waals surface area contributed by atoms with Gasteiger partial charge in [0.05, 0.1) is 18.1 Å². The van der Waals surface area contributed by atoms with Crippen LogP contribution < -0.4 is 5.32 Å². The standard InChI is InChI=1S/C9H9N5O2/c1-14-4-7(9(15)16)8(13-14)12-6-2-10-5-11-3-6/h2-5H,1H3,(H,12,13)(H,15,16). The second kappa shape index (κ2) is 3.97. The molecule has 2 aromatic heterocycles. The number of carboxylic acid groups (broad SMARTS) is 1. The number of aryl methyl sites for hydroxylation is 1. The minimum atomic E-state index is -1.03. The Morgan fingerprint density at radius 1 is 1.44 bits per heavy atom. The predicted octanol–water partition coefficient (Wildman–Crippen LogP) is 0.652. The largest absolute Gasteiger partial charge is 0.477 e. The third kappa shape index (κ3) is 1.97. The second-order valence-corrected chi connectivity index (χ2v) is 3.12. The monoisotopic (exact) mass is 219 g/mol. The van der Waals surface area contributed by atoms with Crippen LogP contribution in [-0.2, 0) is 7.05 Å². The van der Waals surface area contributed by atoms with Crippen molar-refractivity contribution in [3.63, 3.8) is 0 Å². The maximum Gasteiger partial charge on any atom is 0.341 e. The summed E-state index contributed by atoms with van der Waals surface area (Å²) in [6.45, 7) is 0. The van der Waals surface area contributed by atoms with Gasteiger partial charge in [-0.25, -0.2) is 14.8 Å². The summed E-state index contributed by atoms with van der Waals surface area (Å²) in [6, 6.07) is 0. The highest BCUT2D eigenvalue weighted by Crippen LogP contribution is 2.17. The Bertz CT molecular complexity index is 508. The van der Waals surface area contributed by atoms with Gasteiger partial charge in [0, 0.05) is 13.2 Å². The van der Waals surface area contributed by atoms with Crippen molar-refractivity contribution in [1.82, 2.24) is 19.7 Å². The molecule has 0 fully saturated rings. The number of carbonyl (C=O) groups is 1. The lowest BCUT2D eigenvalue weighted by molar-refractivity contribution is 0.0698. The molecule has 0 bridgehead atoms. The Morgan fingerprint density at radius 3 is 2.75 bits per heavy atom. The summed E-state index contributed by atoms with van der Waals surface area (Å²) >= 11 is 0. The molecule has 0 saturated carbocycles. The molecule has 16 heavy (non-hydrogen) atoms. The summed E-state index contributed by atoms with van der Waals surface area (Å²) in [4.78, 5) is 18.5. The van der Waals surface area contributed by atoms with Gasteiger partial charge in [0.25, 0.3) is 0 Å². The maximum atomic E-state index is 10.9. The van der Waals surface area contributed by atoms with Gasteiger partial charge < -0.3 is 10.4 Å². The fourth-order valence-electron chi connectivity index (χ4n) is 1.24. The molecule has 0 spiro atoms. The molecule has 0 aliphatic carbocycles. The van der Waals surface area contributed by atoms with Crippen LogP contribution in [0.5, 0.6) is 0 Å². The van der Waals surface area contributed by atoms with E-state index in [-0.39, 0.29) is 11.4 Å². The molecule has 0 aromatic carbocycles. The van der Waals surface area contributed by atoms with Gasteiger partial charge in [0.1, 0.15) is 11.9 Å². The minimum Gasteiger partial charge on any atom is -0.477 e. The zero-order chi connectivity index (χ0) is 11.5. The minimum absolute atomic E-state index is 0.103. The third-order valence-corrected chi connectivity index (χ3v) is 1.88. The number of nitrogens with zero attached hydrogens (tertiary/aromatic N) is 4. The van der Waals surface area contributed by atoms with E-state index in [1.54, 1.807) is 7.05 Å². The van der Waals surface area contributed by atoms with Crippen molar-refractivity contribution in [3.05, 3.63) is 30.5 Å². The highest BCUT2D eigenvalue weighted by atomic mass is 16.4. The lowest BCUT2D eigenvalue weighted by Crippen LogP contribution is -2.01. The first kappa shape index (κ1) is 10.1. The molecule has 2 N–H and O–H groups in total. The van der Waals surface area contributed by atoms with Gasteiger partial charge in [-0.1, -0.05) is 0 Å². The van der Waals surface area contributed by atoms with Crippen LogP contribution in [0.25, 0.3) is 0 Å². The SMILES string of the molecule is Cn1cc(C(=O)O)c(Nc2cncnc2)n1. The lowest BCUT2D eigenvalue weighted by atomic mass is 10.3. The number of rotatable bonds is 3. The Labute approximate surface area is 90.8 Å². The van der Waals surface area contributed by atoms with Gasteiger partial charge in [-0.3, -0.25) is 4.68 Å². The number of hydrogen-bond donors (Lipinski definition) is 2. The number of aromatic nitrogens is 4. The smallest absolute Gasteiger partial charge is 0.341 e. The number of nitrogens with one attached hydrogen (secondary N) is 1. The van der Waals surface area contributed by atoms with E-state index in [0.717, 1.165) is 0 Å². The molecule has 0 aliphatic heterocycles. The predicted molar refractivity (Wildman–Crippen MR) is 55.5 cm³/mol. The van der Waals surface area contributed by atoms with E-state index in [1.165, 1.54) is 29.6 Å². The summed E-state index contributed by atoms with van der Waals surface area (Å²) in [5, 5.41) is 15.8. The molecule has 2 heterocycles. The number of aromatic carboxylic acids is 1. The summed E-state index contributed by atoms with van der Waals surface area (Å²) < 4.78 is 1.43. The van der Waals surface area contributed by atoms with E-state index in [4.69, 9.17) is 5.11 Å². The summed E-state index contributed by atoms with van der Waals surface area (Å²) in [5.74, 6) is -0.766. The molecule has 0 unspecified atom stereocenters. The van der Waals surface area contributed by atoms with Gasteiger partial charge in [0.15, 0.2) is 5.82 Å². The molecule has 0 atom stereocenters. The van der Waals surface area contributed by atoms with E-state index in [0.29, 0.717) is 5.69 Å². The molecule has 0 saturated heterocycles. The van der Waals surface area contributed by atoms with E-state index in [9.17, 15) is 4.79 Å². The molecule has 0 aliphatic rings. The molecule has 0 radical (unpaired) electrons. The van der Waals surface area contributed by atoms with Crippen molar-refractivity contribution < 1.29 is 9.90 Å². The molecular weight excluding hydrogens is 210 g/mol. The molecule has 2 aromatic rings. The fraction of sp³-hybridized carbons (Fsp3) is 0.111.